The van der Waals surface area contributed by atoms with Crippen LogP contribution >= 0.6 is 11.3 Å². The summed E-state index contributed by atoms with van der Waals surface area (Å²) < 4.78 is 0. The minimum Gasteiger partial charge on any atom is -0.350 e. The summed E-state index contributed by atoms with van der Waals surface area (Å²) in [5.74, 6) is 0.0432. The van der Waals surface area contributed by atoms with Crippen molar-refractivity contribution in [3.8, 4) is 0 Å². The van der Waals surface area contributed by atoms with Gasteiger partial charge in [-0.1, -0.05) is 6.92 Å². The Morgan fingerprint density at radius 3 is 2.56 bits per heavy atom. The number of carbonyl (C=O) groups is 1. The maximum absolute atomic E-state index is 11.7. The van der Waals surface area contributed by atoms with Gasteiger partial charge in [0.25, 0.3) is 0 Å². The van der Waals surface area contributed by atoms with Crippen LogP contribution in [0.1, 0.15) is 50.4 Å². The topological polar surface area (TPSA) is 41.1 Å². The van der Waals surface area contributed by atoms with Crippen molar-refractivity contribution < 1.29 is 4.79 Å². The molecular formula is C14H24N2OS. The lowest BCUT2D eigenvalue weighted by molar-refractivity contribution is -0.121. The molecule has 0 aromatic carbocycles. The van der Waals surface area contributed by atoms with Crippen molar-refractivity contribution >= 4 is 17.2 Å². The smallest absolute Gasteiger partial charge is 0.234 e. The fourth-order valence-corrected chi connectivity index (χ4v) is 2.61. The fourth-order valence-electron chi connectivity index (χ4n) is 1.63. The van der Waals surface area contributed by atoms with Crippen molar-refractivity contribution in [2.75, 3.05) is 6.54 Å². The molecule has 18 heavy (non-hydrogen) atoms. The Morgan fingerprint density at radius 2 is 2.06 bits per heavy atom. The molecular weight excluding hydrogens is 244 g/mol. The molecule has 1 unspecified atom stereocenters. The normalized spacial score (nSPS) is 13.4. The molecule has 102 valence electrons. The molecule has 4 heteroatoms. The Hall–Kier alpha value is -0.870. The van der Waals surface area contributed by atoms with E-state index in [9.17, 15) is 4.79 Å². The van der Waals surface area contributed by atoms with Gasteiger partial charge >= 0.3 is 0 Å². The first-order valence-electron chi connectivity index (χ1n) is 6.45. The summed E-state index contributed by atoms with van der Waals surface area (Å²) in [6.07, 6.45) is 1.07. The van der Waals surface area contributed by atoms with E-state index in [2.05, 4.69) is 36.6 Å². The molecule has 0 saturated heterocycles. The summed E-state index contributed by atoms with van der Waals surface area (Å²) in [4.78, 5) is 14.4. The molecule has 0 saturated carbocycles. The highest BCUT2D eigenvalue weighted by atomic mass is 32.1. The number of rotatable bonds is 5. The average Bonchev–Trinajstić information content (AvgIpc) is 2.72. The van der Waals surface area contributed by atoms with Gasteiger partial charge in [-0.2, -0.15) is 0 Å². The van der Waals surface area contributed by atoms with E-state index in [1.54, 1.807) is 0 Å². The van der Waals surface area contributed by atoms with E-state index < -0.39 is 0 Å². The van der Waals surface area contributed by atoms with E-state index in [4.69, 9.17) is 0 Å². The van der Waals surface area contributed by atoms with Crippen LogP contribution in [0.4, 0.5) is 0 Å². The Balaban J connectivity index is 2.41. The predicted molar refractivity (Wildman–Crippen MR) is 78.0 cm³/mol. The lowest BCUT2D eigenvalue weighted by Crippen LogP contribution is -2.45. The van der Waals surface area contributed by atoms with E-state index in [1.807, 2.05) is 32.1 Å². The second-order valence-corrected chi connectivity index (χ2v) is 6.76. The largest absolute Gasteiger partial charge is 0.350 e. The van der Waals surface area contributed by atoms with Gasteiger partial charge in [0.05, 0.1) is 6.54 Å². The summed E-state index contributed by atoms with van der Waals surface area (Å²) in [7, 11) is 0. The number of hydrogen-bond donors (Lipinski definition) is 2. The molecule has 2 N–H and O–H groups in total. The molecule has 1 heterocycles. The van der Waals surface area contributed by atoms with Crippen molar-refractivity contribution in [3.05, 3.63) is 21.9 Å². The maximum Gasteiger partial charge on any atom is 0.234 e. The van der Waals surface area contributed by atoms with Crippen LogP contribution in [0, 0.1) is 0 Å². The molecule has 0 fully saturated rings. The van der Waals surface area contributed by atoms with Crippen molar-refractivity contribution in [1.29, 1.82) is 0 Å². The third-order valence-electron chi connectivity index (χ3n) is 2.54. The van der Waals surface area contributed by atoms with Crippen LogP contribution in [-0.4, -0.2) is 18.0 Å². The maximum atomic E-state index is 11.7. The van der Waals surface area contributed by atoms with Crippen LogP contribution in [0.25, 0.3) is 0 Å². The van der Waals surface area contributed by atoms with Crippen molar-refractivity contribution in [2.45, 2.75) is 52.6 Å². The second kappa shape index (κ2) is 6.34. The molecule has 0 aliphatic carbocycles. The number of aryl methyl sites for hydroxylation is 1. The summed E-state index contributed by atoms with van der Waals surface area (Å²) in [5, 5.41) is 6.20. The zero-order chi connectivity index (χ0) is 13.8. The van der Waals surface area contributed by atoms with Crippen LogP contribution in [0.5, 0.6) is 0 Å². The van der Waals surface area contributed by atoms with Crippen LogP contribution in [0.2, 0.25) is 0 Å². The summed E-state index contributed by atoms with van der Waals surface area (Å²) in [6.45, 7) is 10.6. The molecule has 0 spiro atoms. The van der Waals surface area contributed by atoms with Gasteiger partial charge in [0, 0.05) is 21.3 Å². The van der Waals surface area contributed by atoms with Crippen molar-refractivity contribution in [1.82, 2.24) is 10.6 Å². The van der Waals surface area contributed by atoms with E-state index in [-0.39, 0.29) is 17.5 Å². The summed E-state index contributed by atoms with van der Waals surface area (Å²) in [6, 6.07) is 4.52. The lowest BCUT2D eigenvalue weighted by Gasteiger charge is -2.21. The van der Waals surface area contributed by atoms with Crippen LogP contribution < -0.4 is 10.6 Å². The van der Waals surface area contributed by atoms with E-state index in [0.717, 1.165) is 6.42 Å². The molecule has 0 aliphatic rings. The molecule has 0 aliphatic heterocycles. The van der Waals surface area contributed by atoms with Gasteiger partial charge in [-0.05, 0) is 46.2 Å². The monoisotopic (exact) mass is 268 g/mol. The van der Waals surface area contributed by atoms with Crippen LogP contribution in [-0.2, 0) is 11.2 Å². The molecule has 3 nitrogen and oxygen atoms in total. The van der Waals surface area contributed by atoms with Gasteiger partial charge in [-0.15, -0.1) is 11.3 Å². The molecule has 0 bridgehead atoms. The standard InChI is InChI=1S/C14H24N2OS/c1-6-11-7-8-12(18-11)10(2)15-9-13(17)16-14(3,4)5/h7-8,10,15H,6,9H2,1-5H3,(H,16,17). The minimum absolute atomic E-state index is 0.0432. The third-order valence-corrected chi connectivity index (χ3v) is 3.95. The number of carbonyl (C=O) groups excluding carboxylic acids is 1. The quantitative estimate of drug-likeness (QED) is 0.862. The van der Waals surface area contributed by atoms with E-state index in [0.29, 0.717) is 6.54 Å². The van der Waals surface area contributed by atoms with Gasteiger partial charge in [0.2, 0.25) is 5.91 Å². The zero-order valence-electron chi connectivity index (χ0n) is 12.0. The second-order valence-electron chi connectivity index (χ2n) is 5.56. The molecule has 0 radical (unpaired) electrons. The van der Waals surface area contributed by atoms with Crippen molar-refractivity contribution in [3.63, 3.8) is 0 Å². The fraction of sp³-hybridized carbons (Fsp3) is 0.643. The van der Waals surface area contributed by atoms with Gasteiger partial charge in [-0.3, -0.25) is 4.79 Å². The highest BCUT2D eigenvalue weighted by Gasteiger charge is 2.15. The van der Waals surface area contributed by atoms with Gasteiger partial charge in [0.1, 0.15) is 0 Å². The minimum atomic E-state index is -0.166. The Labute approximate surface area is 114 Å². The number of amides is 1. The first-order valence-corrected chi connectivity index (χ1v) is 7.26. The lowest BCUT2D eigenvalue weighted by atomic mass is 10.1. The number of hydrogen-bond acceptors (Lipinski definition) is 3. The van der Waals surface area contributed by atoms with Crippen molar-refractivity contribution in [2.24, 2.45) is 0 Å². The Morgan fingerprint density at radius 1 is 1.39 bits per heavy atom. The van der Waals surface area contributed by atoms with Gasteiger partial charge in [-0.25, -0.2) is 0 Å². The highest BCUT2D eigenvalue weighted by molar-refractivity contribution is 7.12. The summed E-state index contributed by atoms with van der Waals surface area (Å²) >= 11 is 1.81. The Kier molecular flexibility index (Phi) is 5.35. The zero-order valence-corrected chi connectivity index (χ0v) is 12.8. The average molecular weight is 268 g/mol. The SMILES string of the molecule is CCc1ccc(C(C)NCC(=O)NC(C)(C)C)s1. The molecule has 1 rings (SSSR count). The number of nitrogens with one attached hydrogen (secondary N) is 2. The molecule has 1 atom stereocenters. The van der Waals surface area contributed by atoms with Gasteiger partial charge < -0.3 is 10.6 Å². The van der Waals surface area contributed by atoms with E-state index in [1.165, 1.54) is 9.75 Å². The van der Waals surface area contributed by atoms with Gasteiger partial charge in [0.15, 0.2) is 0 Å². The van der Waals surface area contributed by atoms with Crippen LogP contribution in [0.15, 0.2) is 12.1 Å². The predicted octanol–water partition coefficient (Wildman–Crippen LogP) is 2.88. The highest BCUT2D eigenvalue weighted by Crippen LogP contribution is 2.23. The first-order chi connectivity index (χ1) is 8.31. The van der Waals surface area contributed by atoms with Crippen LogP contribution in [0.3, 0.4) is 0 Å². The third kappa shape index (κ3) is 5.19. The molecule has 1 amide bonds. The molecule has 1 aromatic rings. The summed E-state index contributed by atoms with van der Waals surface area (Å²) in [5.41, 5.74) is -0.166. The number of thiophene rings is 1. The molecule has 1 aromatic heterocycles. The Bertz CT molecular complexity index is 393. The first kappa shape index (κ1) is 15.2. The van der Waals surface area contributed by atoms with E-state index >= 15 is 0 Å².